The Hall–Kier alpha value is -2.55. The second-order valence-corrected chi connectivity index (χ2v) is 7.49. The Morgan fingerprint density at radius 1 is 1.31 bits per heavy atom. The van der Waals surface area contributed by atoms with E-state index in [1.807, 2.05) is 37.3 Å². The molecule has 3 N–H and O–H groups in total. The van der Waals surface area contributed by atoms with Crippen molar-refractivity contribution in [3.63, 3.8) is 0 Å². The summed E-state index contributed by atoms with van der Waals surface area (Å²) in [4.78, 5) is 7.29. The smallest absolute Gasteiger partial charge is 0.220 e. The summed E-state index contributed by atoms with van der Waals surface area (Å²) < 4.78 is 0.949. The maximum atomic E-state index is 10.1. The van der Waals surface area contributed by atoms with Crippen LogP contribution in [0.4, 0.5) is 10.8 Å². The zero-order chi connectivity index (χ0) is 18.3. The summed E-state index contributed by atoms with van der Waals surface area (Å²) in [6, 6.07) is 11.2. The fourth-order valence-corrected chi connectivity index (χ4v) is 3.89. The van der Waals surface area contributed by atoms with Gasteiger partial charge in [-0.05, 0) is 49.5 Å². The lowest BCUT2D eigenvalue weighted by Gasteiger charge is -1.97. The van der Waals surface area contributed by atoms with Crippen molar-refractivity contribution in [2.24, 2.45) is 10.2 Å². The molecule has 9 heteroatoms. The number of benzene rings is 2. The quantitative estimate of drug-likeness (QED) is 0.287. The number of rotatable bonds is 2. The summed E-state index contributed by atoms with van der Waals surface area (Å²) >= 11 is 12.6. The number of aromatic hydroxyl groups is 1. The molecule has 0 aliphatic rings. The highest BCUT2D eigenvalue weighted by Crippen LogP contribution is 2.36. The lowest BCUT2D eigenvalue weighted by molar-refractivity contribution is 0.459. The molecule has 0 amide bonds. The number of azo groups is 1. The maximum absolute atomic E-state index is 10.1. The predicted octanol–water partition coefficient (Wildman–Crippen LogP) is 5.93. The average Bonchev–Trinajstić information content (AvgIpc) is 3.12. The normalized spacial score (nSPS) is 11.6. The number of aromatic amines is 1. The number of nitrogens with one attached hydrogen (secondary N) is 2. The van der Waals surface area contributed by atoms with Gasteiger partial charge in [0.15, 0.2) is 10.8 Å². The third-order valence-electron chi connectivity index (χ3n) is 3.71. The van der Waals surface area contributed by atoms with Gasteiger partial charge in [0, 0.05) is 10.4 Å². The van der Waals surface area contributed by atoms with Crippen LogP contribution in [0.25, 0.3) is 21.1 Å². The van der Waals surface area contributed by atoms with Gasteiger partial charge < -0.3 is 15.4 Å². The molecule has 0 atom stereocenters. The second kappa shape index (κ2) is 6.64. The average molecular weight is 402 g/mol. The maximum Gasteiger partial charge on any atom is 0.220 e. The number of hydrogen-bond acceptors (Lipinski definition) is 5. The van der Waals surface area contributed by atoms with E-state index in [1.54, 1.807) is 6.07 Å². The molecule has 0 saturated heterocycles. The van der Waals surface area contributed by atoms with E-state index in [4.69, 9.17) is 23.8 Å². The van der Waals surface area contributed by atoms with Crippen molar-refractivity contribution in [2.75, 3.05) is 5.32 Å². The number of halogens is 1. The number of fused-ring (bicyclic) bond motifs is 2. The number of H-pyrrole nitrogens is 1. The molecule has 0 radical (unpaired) electrons. The molecule has 6 nitrogen and oxygen atoms in total. The summed E-state index contributed by atoms with van der Waals surface area (Å²) in [5, 5.41) is 23.3. The highest BCUT2D eigenvalue weighted by molar-refractivity contribution is 7.80. The predicted molar refractivity (Wildman–Crippen MR) is 110 cm³/mol. The van der Waals surface area contributed by atoms with Crippen LogP contribution >= 0.6 is 35.2 Å². The van der Waals surface area contributed by atoms with E-state index in [1.165, 1.54) is 11.3 Å². The van der Waals surface area contributed by atoms with Gasteiger partial charge in [-0.25, -0.2) is 4.98 Å². The molecular weight excluding hydrogens is 390 g/mol. The minimum absolute atomic E-state index is 0.0493. The molecule has 4 aromatic rings. The first-order chi connectivity index (χ1) is 12.5. The van der Waals surface area contributed by atoms with Crippen LogP contribution in [0.2, 0.25) is 5.02 Å². The van der Waals surface area contributed by atoms with E-state index in [-0.39, 0.29) is 11.0 Å². The van der Waals surface area contributed by atoms with Gasteiger partial charge >= 0.3 is 0 Å². The minimum Gasteiger partial charge on any atom is -0.493 e. The monoisotopic (exact) mass is 401 g/mol. The lowest BCUT2D eigenvalue weighted by Crippen LogP contribution is -2.04. The van der Waals surface area contributed by atoms with Gasteiger partial charge in [0.1, 0.15) is 0 Å². The Balaban J connectivity index is 1.57. The van der Waals surface area contributed by atoms with Crippen molar-refractivity contribution in [2.45, 2.75) is 6.92 Å². The molecule has 2 aromatic carbocycles. The third-order valence-corrected chi connectivity index (χ3v) is 5.07. The van der Waals surface area contributed by atoms with Gasteiger partial charge in [-0.3, -0.25) is 0 Å². The van der Waals surface area contributed by atoms with Crippen molar-refractivity contribution in [1.82, 2.24) is 9.97 Å². The first kappa shape index (κ1) is 16.9. The Labute approximate surface area is 162 Å². The van der Waals surface area contributed by atoms with Crippen LogP contribution < -0.4 is 5.32 Å². The van der Waals surface area contributed by atoms with Crippen LogP contribution in [0.3, 0.4) is 0 Å². The van der Waals surface area contributed by atoms with Gasteiger partial charge in [-0.2, -0.15) is 0 Å². The fraction of sp³-hybridized carbons (Fsp3) is 0.0588. The molecule has 130 valence electrons. The highest BCUT2D eigenvalue weighted by Gasteiger charge is 2.11. The number of aromatic nitrogens is 2. The van der Waals surface area contributed by atoms with Gasteiger partial charge in [0.2, 0.25) is 11.0 Å². The van der Waals surface area contributed by atoms with Crippen LogP contribution in [0.1, 0.15) is 5.56 Å². The SMILES string of the molecule is Cc1ccc2[nH]c(O)c(N=NC(=S)Nc3nc4ccc(Cl)cc4s3)c2c1. The van der Waals surface area contributed by atoms with Crippen LogP contribution in [-0.2, 0) is 0 Å². The first-order valence-corrected chi connectivity index (χ1v) is 9.20. The lowest BCUT2D eigenvalue weighted by atomic mass is 10.2. The zero-order valence-electron chi connectivity index (χ0n) is 13.4. The van der Waals surface area contributed by atoms with E-state index in [0.29, 0.717) is 15.8 Å². The number of aryl methyl sites for hydroxylation is 1. The molecule has 0 aliphatic heterocycles. The highest BCUT2D eigenvalue weighted by atomic mass is 35.5. The van der Waals surface area contributed by atoms with Gasteiger partial charge in [0.05, 0.1) is 15.7 Å². The molecule has 4 rings (SSSR count). The number of thiocarbonyl (C=S) groups is 1. The molecule has 0 fully saturated rings. The van der Waals surface area contributed by atoms with Gasteiger partial charge in [-0.1, -0.05) is 34.6 Å². The topological polar surface area (TPSA) is 85.7 Å². The number of hydrogen-bond donors (Lipinski definition) is 3. The van der Waals surface area contributed by atoms with Crippen LogP contribution in [-0.4, -0.2) is 20.2 Å². The van der Waals surface area contributed by atoms with Crippen molar-refractivity contribution in [3.8, 4) is 5.88 Å². The van der Waals surface area contributed by atoms with E-state index >= 15 is 0 Å². The molecule has 0 saturated carbocycles. The second-order valence-electron chi connectivity index (χ2n) is 5.63. The standard InChI is InChI=1S/C17H12ClN5OS2/c1-8-2-4-11-10(6-8)14(15(24)19-11)22-23-16(25)21-17-20-12-5-3-9(18)7-13(12)26-17/h2-7,19,24H,1H3,(H,20,21,25). The van der Waals surface area contributed by atoms with E-state index in [0.717, 1.165) is 26.7 Å². The third kappa shape index (κ3) is 3.26. The number of thiazole rings is 1. The summed E-state index contributed by atoms with van der Waals surface area (Å²) in [6.07, 6.45) is 0. The van der Waals surface area contributed by atoms with Crippen LogP contribution in [0.5, 0.6) is 5.88 Å². The van der Waals surface area contributed by atoms with Gasteiger partial charge in [-0.15, -0.1) is 10.2 Å². The van der Waals surface area contributed by atoms with Crippen LogP contribution in [0.15, 0.2) is 46.6 Å². The zero-order valence-corrected chi connectivity index (χ0v) is 15.8. The molecular formula is C17H12ClN5OS2. The fourth-order valence-electron chi connectivity index (χ4n) is 2.54. The summed E-state index contributed by atoms with van der Waals surface area (Å²) in [5.41, 5.74) is 3.01. The van der Waals surface area contributed by atoms with Crippen LogP contribution in [0, 0.1) is 6.92 Å². The largest absolute Gasteiger partial charge is 0.493 e. The molecule has 0 unspecified atom stereocenters. The molecule has 2 aromatic heterocycles. The molecule has 0 bridgehead atoms. The molecule has 2 heterocycles. The van der Waals surface area contributed by atoms with E-state index in [2.05, 4.69) is 25.5 Å². The van der Waals surface area contributed by atoms with Gasteiger partial charge in [0.25, 0.3) is 0 Å². The minimum atomic E-state index is -0.0493. The van der Waals surface area contributed by atoms with Crippen molar-refractivity contribution in [1.29, 1.82) is 0 Å². The number of anilines is 1. The summed E-state index contributed by atoms with van der Waals surface area (Å²) in [7, 11) is 0. The van der Waals surface area contributed by atoms with Crippen molar-refractivity contribution >= 4 is 72.2 Å². The molecule has 26 heavy (non-hydrogen) atoms. The van der Waals surface area contributed by atoms with Crippen molar-refractivity contribution < 1.29 is 5.11 Å². The van der Waals surface area contributed by atoms with Crippen molar-refractivity contribution in [3.05, 3.63) is 47.0 Å². The molecule has 0 spiro atoms. The first-order valence-electron chi connectivity index (χ1n) is 7.60. The molecule has 0 aliphatic carbocycles. The Kier molecular flexibility index (Phi) is 4.31. The summed E-state index contributed by atoms with van der Waals surface area (Å²) in [6.45, 7) is 1.97. The van der Waals surface area contributed by atoms with E-state index in [9.17, 15) is 5.11 Å². The summed E-state index contributed by atoms with van der Waals surface area (Å²) in [5.74, 6) is -0.0493. The van der Waals surface area contributed by atoms with E-state index < -0.39 is 0 Å². The number of nitrogens with zero attached hydrogens (tertiary/aromatic N) is 3. The Morgan fingerprint density at radius 2 is 2.15 bits per heavy atom. The Bertz CT molecular complexity index is 1180. The Morgan fingerprint density at radius 3 is 3.00 bits per heavy atom.